The largest absolute Gasteiger partial charge is 0.368 e. The topological polar surface area (TPSA) is 54.0 Å². The van der Waals surface area contributed by atoms with Crippen molar-refractivity contribution in [2.75, 3.05) is 5.32 Å². The quantitative estimate of drug-likeness (QED) is 0.765. The van der Waals surface area contributed by atoms with E-state index in [0.29, 0.717) is 17.3 Å². The fourth-order valence-electron chi connectivity index (χ4n) is 1.18. The van der Waals surface area contributed by atoms with Crippen molar-refractivity contribution in [1.82, 2.24) is 10.3 Å². The lowest BCUT2D eigenvalue weighted by atomic mass is 10.2. The van der Waals surface area contributed by atoms with E-state index in [0.717, 1.165) is 5.82 Å². The van der Waals surface area contributed by atoms with E-state index in [1.807, 2.05) is 13.8 Å². The van der Waals surface area contributed by atoms with Crippen LogP contribution in [0.2, 0.25) is 0 Å². The van der Waals surface area contributed by atoms with Crippen LogP contribution in [0.25, 0.3) is 0 Å². The highest BCUT2D eigenvalue weighted by Gasteiger charge is 2.06. The zero-order chi connectivity index (χ0) is 12.8. The molecule has 0 spiro atoms. The summed E-state index contributed by atoms with van der Waals surface area (Å²) in [6.45, 7) is 11.2. The van der Waals surface area contributed by atoms with Crippen molar-refractivity contribution >= 4 is 11.7 Å². The molecule has 0 unspecified atom stereocenters. The lowest BCUT2D eigenvalue weighted by molar-refractivity contribution is 0.0967. The first-order chi connectivity index (χ1) is 8.02. The second kappa shape index (κ2) is 5.84. The van der Waals surface area contributed by atoms with Gasteiger partial charge in [0.25, 0.3) is 5.91 Å². The van der Waals surface area contributed by atoms with E-state index >= 15 is 0 Å². The van der Waals surface area contributed by atoms with Gasteiger partial charge in [0.15, 0.2) is 0 Å². The number of rotatable bonds is 5. The molecule has 0 saturated carbocycles. The molecule has 1 amide bonds. The van der Waals surface area contributed by atoms with Crippen molar-refractivity contribution < 1.29 is 4.79 Å². The maximum absolute atomic E-state index is 11.7. The summed E-state index contributed by atoms with van der Waals surface area (Å²) < 4.78 is 0. The number of carbonyl (C=O) groups is 1. The number of nitrogens with one attached hydrogen (secondary N) is 2. The number of anilines is 1. The van der Waals surface area contributed by atoms with E-state index in [4.69, 9.17) is 0 Å². The summed E-state index contributed by atoms with van der Waals surface area (Å²) in [5.74, 6) is 0.512. The van der Waals surface area contributed by atoms with Gasteiger partial charge in [-0.2, -0.15) is 0 Å². The van der Waals surface area contributed by atoms with Gasteiger partial charge in [-0.05, 0) is 32.1 Å². The van der Waals surface area contributed by atoms with Crippen molar-refractivity contribution in [2.45, 2.75) is 19.9 Å². The second-order valence-electron chi connectivity index (χ2n) is 3.91. The van der Waals surface area contributed by atoms with Crippen LogP contribution in [0.4, 0.5) is 5.82 Å². The number of pyridine rings is 1. The van der Waals surface area contributed by atoms with Crippen LogP contribution in [0.15, 0.2) is 43.3 Å². The Kier molecular flexibility index (Phi) is 4.46. The van der Waals surface area contributed by atoms with E-state index in [2.05, 4.69) is 28.8 Å². The molecular weight excluding hydrogens is 214 g/mol. The Bertz CT molecular complexity index is 421. The second-order valence-corrected chi connectivity index (χ2v) is 3.91. The third kappa shape index (κ3) is 4.10. The lowest BCUT2D eigenvalue weighted by Crippen LogP contribution is -2.21. The van der Waals surface area contributed by atoms with Gasteiger partial charge in [-0.1, -0.05) is 13.2 Å². The van der Waals surface area contributed by atoms with E-state index in [-0.39, 0.29) is 5.91 Å². The zero-order valence-electron chi connectivity index (χ0n) is 10.2. The molecule has 17 heavy (non-hydrogen) atoms. The molecule has 0 radical (unpaired) electrons. The predicted molar refractivity (Wildman–Crippen MR) is 69.8 cm³/mol. The van der Waals surface area contributed by atoms with Crippen LogP contribution < -0.4 is 10.6 Å². The first-order valence-corrected chi connectivity index (χ1v) is 5.38. The summed E-state index contributed by atoms with van der Waals surface area (Å²) in [6.07, 6.45) is 3.01. The van der Waals surface area contributed by atoms with Gasteiger partial charge >= 0.3 is 0 Å². The number of allylic oxidation sites excluding steroid dienone is 1. The van der Waals surface area contributed by atoms with Crippen LogP contribution in [-0.4, -0.2) is 16.9 Å². The normalized spacial score (nSPS) is 9.82. The van der Waals surface area contributed by atoms with E-state index < -0.39 is 0 Å². The molecule has 1 heterocycles. The highest BCUT2D eigenvalue weighted by Crippen LogP contribution is 2.06. The first-order valence-electron chi connectivity index (χ1n) is 5.38. The number of hydrogen-bond acceptors (Lipinski definition) is 3. The Morgan fingerprint density at radius 1 is 1.47 bits per heavy atom. The molecule has 4 nitrogen and oxygen atoms in total. The minimum Gasteiger partial charge on any atom is -0.368 e. The monoisotopic (exact) mass is 231 g/mol. The highest BCUT2D eigenvalue weighted by molar-refractivity contribution is 5.95. The van der Waals surface area contributed by atoms with Gasteiger partial charge in [0.05, 0.1) is 5.56 Å². The molecule has 90 valence electrons. The molecular formula is C13H17N3O. The van der Waals surface area contributed by atoms with Gasteiger partial charge in [-0.15, -0.1) is 0 Å². The molecule has 1 aromatic rings. The predicted octanol–water partition coefficient (Wildman–Crippen LogP) is 2.33. The number of carbonyl (C=O) groups excluding carboxylic acids is 1. The van der Waals surface area contributed by atoms with Gasteiger partial charge in [-0.3, -0.25) is 4.79 Å². The number of nitrogens with zero attached hydrogens (tertiary/aromatic N) is 1. The Balaban J connectivity index is 2.70. The molecule has 1 rings (SSSR count). The van der Waals surface area contributed by atoms with Crippen LogP contribution in [0.1, 0.15) is 24.2 Å². The highest BCUT2D eigenvalue weighted by atomic mass is 16.1. The maximum atomic E-state index is 11.7. The minimum atomic E-state index is -0.238. The molecule has 0 aliphatic rings. The molecule has 0 bridgehead atoms. The van der Waals surface area contributed by atoms with E-state index in [1.165, 1.54) is 12.3 Å². The third-order valence-corrected chi connectivity index (χ3v) is 1.98. The Labute approximate surface area is 101 Å². The molecule has 4 heteroatoms. The number of amides is 1. The summed E-state index contributed by atoms with van der Waals surface area (Å²) in [5, 5.41) is 5.74. The van der Waals surface area contributed by atoms with E-state index in [9.17, 15) is 4.79 Å². The summed E-state index contributed by atoms with van der Waals surface area (Å²) in [7, 11) is 0. The van der Waals surface area contributed by atoms with Crippen molar-refractivity contribution in [3.63, 3.8) is 0 Å². The molecule has 0 aliphatic carbocycles. The lowest BCUT2D eigenvalue weighted by Gasteiger charge is -2.09. The van der Waals surface area contributed by atoms with Gasteiger partial charge in [0.1, 0.15) is 5.82 Å². The van der Waals surface area contributed by atoms with Crippen molar-refractivity contribution in [1.29, 1.82) is 0 Å². The number of aromatic nitrogens is 1. The molecule has 0 aromatic carbocycles. The van der Waals surface area contributed by atoms with Crippen LogP contribution in [0.3, 0.4) is 0 Å². The smallest absolute Gasteiger partial charge is 0.257 e. The summed E-state index contributed by atoms with van der Waals surface area (Å²) in [4.78, 5) is 15.8. The van der Waals surface area contributed by atoms with Gasteiger partial charge in [0.2, 0.25) is 0 Å². The standard InChI is InChI=1S/C13H17N3O/c1-5-10(4)16-13(17)11-6-7-12(14-8-11)15-9(2)3/h5-9H,1,4H2,2-3H3,(H,14,15)(H,16,17). The molecule has 0 aliphatic heterocycles. The molecule has 0 saturated heterocycles. The summed E-state index contributed by atoms with van der Waals surface area (Å²) >= 11 is 0. The molecule has 0 atom stereocenters. The summed E-state index contributed by atoms with van der Waals surface area (Å²) in [6, 6.07) is 3.79. The molecule has 1 aromatic heterocycles. The van der Waals surface area contributed by atoms with Crippen molar-refractivity contribution in [3.8, 4) is 0 Å². The number of hydrogen-bond donors (Lipinski definition) is 2. The SMILES string of the molecule is C=CC(=C)NC(=O)c1ccc(NC(C)C)nc1. The average Bonchev–Trinajstić information content (AvgIpc) is 2.28. The molecule has 0 fully saturated rings. The van der Waals surface area contributed by atoms with Crippen molar-refractivity contribution in [2.24, 2.45) is 0 Å². The van der Waals surface area contributed by atoms with Gasteiger partial charge in [-0.25, -0.2) is 4.98 Å². The van der Waals surface area contributed by atoms with Crippen LogP contribution in [0, 0.1) is 0 Å². The Morgan fingerprint density at radius 2 is 2.18 bits per heavy atom. The van der Waals surface area contributed by atoms with Crippen LogP contribution in [0.5, 0.6) is 0 Å². The summed E-state index contributed by atoms with van der Waals surface area (Å²) in [5.41, 5.74) is 0.960. The zero-order valence-corrected chi connectivity index (χ0v) is 10.2. The Hall–Kier alpha value is -2.10. The fraction of sp³-hybridized carbons (Fsp3) is 0.231. The minimum absolute atomic E-state index is 0.238. The maximum Gasteiger partial charge on any atom is 0.257 e. The van der Waals surface area contributed by atoms with Gasteiger partial charge < -0.3 is 10.6 Å². The third-order valence-electron chi connectivity index (χ3n) is 1.98. The Morgan fingerprint density at radius 3 is 2.65 bits per heavy atom. The average molecular weight is 231 g/mol. The van der Waals surface area contributed by atoms with E-state index in [1.54, 1.807) is 12.1 Å². The first kappa shape index (κ1) is 13.0. The van der Waals surface area contributed by atoms with Crippen LogP contribution in [-0.2, 0) is 0 Å². The van der Waals surface area contributed by atoms with Gasteiger partial charge in [0, 0.05) is 17.9 Å². The molecule has 2 N–H and O–H groups in total. The van der Waals surface area contributed by atoms with Crippen molar-refractivity contribution in [3.05, 3.63) is 48.8 Å². The fourth-order valence-corrected chi connectivity index (χ4v) is 1.18. The van der Waals surface area contributed by atoms with Crippen LogP contribution >= 0.6 is 0 Å².